The number of hydrogen-bond donors (Lipinski definition) is 2. The van der Waals surface area contributed by atoms with Crippen LogP contribution in [0, 0.1) is 23.7 Å². The number of methoxy groups -OCH3 is 1. The average molecular weight is 688 g/mol. The summed E-state index contributed by atoms with van der Waals surface area (Å²) >= 11 is 7.35. The quantitative estimate of drug-likeness (QED) is 0.162. The summed E-state index contributed by atoms with van der Waals surface area (Å²) in [6.45, 7) is 0.240. The molecule has 10 heteroatoms. The number of aryl methyl sites for hydroxylation is 1. The van der Waals surface area contributed by atoms with Gasteiger partial charge in [0.05, 0.1) is 5.02 Å². The molecule has 49 heavy (non-hydrogen) atoms. The van der Waals surface area contributed by atoms with Crippen molar-refractivity contribution in [3.8, 4) is 5.75 Å². The molecule has 5 fully saturated rings. The molecule has 4 saturated carbocycles. The Morgan fingerprint density at radius 3 is 2.22 bits per heavy atom. The van der Waals surface area contributed by atoms with E-state index in [1.165, 1.54) is 6.42 Å². The number of pyridine rings is 1. The summed E-state index contributed by atoms with van der Waals surface area (Å²) in [7, 11) is 3.66. The van der Waals surface area contributed by atoms with Crippen LogP contribution in [0.15, 0.2) is 60.9 Å². The fourth-order valence-electron chi connectivity index (χ4n) is 8.91. The zero-order chi connectivity index (χ0) is 34.3. The lowest BCUT2D eigenvalue weighted by molar-refractivity contribution is -0.671. The van der Waals surface area contributed by atoms with Gasteiger partial charge in [0.1, 0.15) is 31.2 Å². The number of hydrogen-bond acceptors (Lipinski definition) is 7. The highest BCUT2D eigenvalue weighted by molar-refractivity contribution is 6.33. The van der Waals surface area contributed by atoms with Gasteiger partial charge >= 0.3 is 5.97 Å². The van der Waals surface area contributed by atoms with Crippen molar-refractivity contribution in [1.29, 1.82) is 0 Å². The second-order valence-electron chi connectivity index (χ2n) is 14.4. The lowest BCUT2D eigenvalue weighted by Gasteiger charge is -2.68. The van der Waals surface area contributed by atoms with E-state index in [2.05, 4.69) is 0 Å². The zero-order valence-corrected chi connectivity index (χ0v) is 28.7. The number of aliphatic carboxylic acids is 1. The molecule has 4 bridgehead atoms. The van der Waals surface area contributed by atoms with E-state index in [-0.39, 0.29) is 31.7 Å². The first-order valence-electron chi connectivity index (χ1n) is 17.2. The molecule has 2 heterocycles. The number of carbonyl (C=O) groups is 2. The van der Waals surface area contributed by atoms with Crippen LogP contribution in [0.4, 0.5) is 0 Å². The predicted molar refractivity (Wildman–Crippen MR) is 183 cm³/mol. The van der Waals surface area contributed by atoms with Crippen LogP contribution in [0.3, 0.4) is 0 Å². The van der Waals surface area contributed by atoms with Gasteiger partial charge in [-0.15, -0.1) is 0 Å². The van der Waals surface area contributed by atoms with Crippen LogP contribution in [0.1, 0.15) is 72.8 Å². The molecule has 1 unspecified atom stereocenters. The Hall–Kier alpha value is -3.60. The minimum absolute atomic E-state index is 0.0564. The Balaban J connectivity index is 1.15. The minimum atomic E-state index is -1.14. The Morgan fingerprint density at radius 2 is 1.63 bits per heavy atom. The summed E-state index contributed by atoms with van der Waals surface area (Å²) in [6, 6.07) is 14.7. The molecule has 3 aromatic rings. The summed E-state index contributed by atoms with van der Waals surface area (Å²) in [5.74, 6) is 0.406. The topological polar surface area (TPSA) is 121 Å². The third-order valence-corrected chi connectivity index (χ3v) is 11.6. The first-order chi connectivity index (χ1) is 23.6. The van der Waals surface area contributed by atoms with Crippen molar-refractivity contribution in [2.75, 3.05) is 7.11 Å². The number of ketones is 1. The van der Waals surface area contributed by atoms with E-state index in [9.17, 15) is 9.59 Å². The second-order valence-corrected chi connectivity index (χ2v) is 14.7. The minimum Gasteiger partial charge on any atom is -0.487 e. The van der Waals surface area contributed by atoms with E-state index in [1.807, 2.05) is 84.7 Å². The van der Waals surface area contributed by atoms with Crippen molar-refractivity contribution in [3.05, 3.63) is 93.8 Å². The van der Waals surface area contributed by atoms with Gasteiger partial charge in [0.15, 0.2) is 18.0 Å². The van der Waals surface area contributed by atoms with Crippen LogP contribution in [0.25, 0.3) is 12.2 Å². The highest BCUT2D eigenvalue weighted by Gasteiger charge is 2.77. The second kappa shape index (κ2) is 13.6. The number of carboxylic acids is 1. The van der Waals surface area contributed by atoms with Gasteiger partial charge in [-0.1, -0.05) is 60.2 Å². The maximum absolute atomic E-state index is 12.4. The molecule has 1 aromatic heterocycles. The third kappa shape index (κ3) is 6.21. The number of Topliss-reactive ketones (excluding diaryl/α,β-unsaturated/α-hetero) is 1. The Kier molecular flexibility index (Phi) is 9.41. The Labute approximate surface area is 291 Å². The Bertz CT molecular complexity index is 1710. The van der Waals surface area contributed by atoms with Crippen LogP contribution < -0.4 is 15.0 Å². The number of benzene rings is 2. The van der Waals surface area contributed by atoms with Gasteiger partial charge in [-0.2, -0.15) is 4.89 Å². The van der Waals surface area contributed by atoms with Crippen molar-refractivity contribution in [1.82, 2.24) is 0 Å². The molecule has 9 nitrogen and oxygen atoms in total. The van der Waals surface area contributed by atoms with E-state index in [0.717, 1.165) is 59.8 Å². The summed E-state index contributed by atoms with van der Waals surface area (Å²) < 4.78 is 14.9. The fourth-order valence-corrected chi connectivity index (χ4v) is 9.26. The molecule has 2 atom stereocenters. The van der Waals surface area contributed by atoms with Gasteiger partial charge in [-0.3, -0.25) is 9.59 Å². The smallest absolute Gasteiger partial charge is 0.320 e. The van der Waals surface area contributed by atoms with Gasteiger partial charge in [0.25, 0.3) is 5.79 Å². The lowest BCUT2D eigenvalue weighted by Crippen LogP contribution is -2.76. The molecule has 4 aliphatic carbocycles. The number of aromatic nitrogens is 1. The molecule has 1 aliphatic heterocycles. The van der Waals surface area contributed by atoms with Crippen LogP contribution >= 0.6 is 11.6 Å². The average Bonchev–Trinajstić information content (AvgIpc) is 3.07. The van der Waals surface area contributed by atoms with Crippen LogP contribution in [0.2, 0.25) is 5.02 Å². The van der Waals surface area contributed by atoms with Gasteiger partial charge < -0.3 is 20.3 Å². The summed E-state index contributed by atoms with van der Waals surface area (Å²) in [4.78, 5) is 35.7. The maximum atomic E-state index is 12.4. The summed E-state index contributed by atoms with van der Waals surface area (Å²) in [5, 5.41) is 9.41. The predicted octanol–water partition coefficient (Wildman–Crippen LogP) is 6.17. The maximum Gasteiger partial charge on any atom is 0.320 e. The van der Waals surface area contributed by atoms with Crippen LogP contribution in [0.5, 0.6) is 5.75 Å². The molecular formula is C39H44ClN2O7+. The SMILES string of the molecule is COC1(c2ccc(/C=C/c3cc[n+](C)cc3)c(OCc3ccc(CC(=O)CC[C@@H](N)C(=O)O)cc3)c2Cl)OOC12C1CC3CC(C1)CC2C3. The third-order valence-electron chi connectivity index (χ3n) is 11.3. The van der Waals surface area contributed by atoms with E-state index in [4.69, 9.17) is 41.7 Å². The van der Waals surface area contributed by atoms with E-state index >= 15 is 0 Å². The number of nitrogens with zero attached hydrogens (tertiary/aromatic N) is 1. The van der Waals surface area contributed by atoms with Crippen molar-refractivity contribution >= 4 is 35.5 Å². The first kappa shape index (κ1) is 33.9. The molecule has 0 radical (unpaired) electrons. The van der Waals surface area contributed by atoms with Gasteiger partial charge in [0.2, 0.25) is 0 Å². The molecule has 258 valence electrons. The van der Waals surface area contributed by atoms with E-state index in [1.54, 1.807) is 7.11 Å². The highest BCUT2D eigenvalue weighted by Crippen LogP contribution is 2.70. The first-order valence-corrected chi connectivity index (χ1v) is 17.6. The van der Waals surface area contributed by atoms with Crippen molar-refractivity contribution in [2.24, 2.45) is 36.5 Å². The van der Waals surface area contributed by atoms with Gasteiger partial charge in [-0.25, -0.2) is 9.45 Å². The molecule has 0 amide bonds. The number of halogens is 1. The van der Waals surface area contributed by atoms with Crippen molar-refractivity contribution in [2.45, 2.75) is 75.4 Å². The van der Waals surface area contributed by atoms with Gasteiger partial charge in [0, 0.05) is 43.2 Å². The normalized spacial score (nSPS) is 28.9. The number of rotatable bonds is 13. The molecule has 5 aliphatic rings. The van der Waals surface area contributed by atoms with Gasteiger partial charge in [-0.05, 0) is 78.9 Å². The van der Waals surface area contributed by atoms with Crippen molar-refractivity contribution in [3.63, 3.8) is 0 Å². The monoisotopic (exact) mass is 687 g/mol. The summed E-state index contributed by atoms with van der Waals surface area (Å²) in [6.07, 6.45) is 14.3. The summed E-state index contributed by atoms with van der Waals surface area (Å²) in [5.41, 5.74) is 9.27. The standard InChI is InChI=1S/C39H43ClN2O7/c1-42-15-13-24(14-16-42)7-8-29-9-11-33(39(46-2)38(48-49-39)30-18-27-17-28(20-30)21-31(38)19-27)35(40)36(29)47-23-26-5-3-25(4-6-26)22-32(43)10-12-34(41)37(44)45/h3-9,11,13-16,27-28,30-31,34H,10,12,17-23,41H2,1-2H3/p+1/b8-7+/t27?,28?,30?,31?,34-,38?,39?/m1/s1. The molecular weight excluding hydrogens is 644 g/mol. The van der Waals surface area contributed by atoms with Crippen LogP contribution in [-0.2, 0) is 50.0 Å². The largest absolute Gasteiger partial charge is 0.487 e. The molecule has 8 rings (SSSR count). The number of carboxylic acid groups (broad SMARTS) is 1. The highest BCUT2D eigenvalue weighted by atomic mass is 35.5. The zero-order valence-electron chi connectivity index (χ0n) is 28.0. The molecule has 3 N–H and O–H groups in total. The van der Waals surface area contributed by atoms with E-state index in [0.29, 0.717) is 28.2 Å². The van der Waals surface area contributed by atoms with Crippen molar-refractivity contribution < 1.29 is 38.5 Å². The molecule has 1 saturated heterocycles. The van der Waals surface area contributed by atoms with Crippen LogP contribution in [-0.4, -0.2) is 35.6 Å². The fraction of sp³-hybridized carbons (Fsp3) is 0.462. The number of ether oxygens (including phenoxy) is 2. The lowest BCUT2D eigenvalue weighted by atomic mass is 9.47. The number of nitrogens with two attached hydrogens (primary N) is 1. The Morgan fingerprint density at radius 1 is 0.980 bits per heavy atom. The molecule has 1 spiro atoms. The molecule has 2 aromatic carbocycles. The van der Waals surface area contributed by atoms with E-state index < -0.39 is 23.4 Å². The number of carbonyl (C=O) groups excluding carboxylic acids is 1.